The maximum Gasteiger partial charge on any atom is 0.315 e. The van der Waals surface area contributed by atoms with E-state index >= 15 is 0 Å². The summed E-state index contributed by atoms with van der Waals surface area (Å²) in [4.78, 5) is 21.3. The SMILES string of the molecule is COc1ccc(Oc2cccc(F)c2C=O)c([N+](=O)[O-])c1. The number of ether oxygens (including phenoxy) is 2. The van der Waals surface area contributed by atoms with Gasteiger partial charge in [-0.3, -0.25) is 14.9 Å². The Morgan fingerprint density at radius 1 is 1.24 bits per heavy atom. The van der Waals surface area contributed by atoms with Gasteiger partial charge in [-0.1, -0.05) is 6.07 Å². The molecule has 21 heavy (non-hydrogen) atoms. The van der Waals surface area contributed by atoms with E-state index < -0.39 is 10.7 Å². The molecule has 2 aromatic carbocycles. The van der Waals surface area contributed by atoms with Crippen LogP contribution in [-0.2, 0) is 0 Å². The molecule has 0 atom stereocenters. The predicted molar refractivity (Wildman–Crippen MR) is 71.5 cm³/mol. The fourth-order valence-electron chi connectivity index (χ4n) is 1.69. The Balaban J connectivity index is 2.47. The Bertz CT molecular complexity index is 702. The van der Waals surface area contributed by atoms with Crippen molar-refractivity contribution in [1.82, 2.24) is 0 Å². The lowest BCUT2D eigenvalue weighted by Gasteiger charge is -2.09. The molecule has 0 aliphatic rings. The second-order valence-electron chi connectivity index (χ2n) is 3.96. The minimum atomic E-state index is -0.765. The zero-order valence-corrected chi connectivity index (χ0v) is 10.9. The molecule has 0 heterocycles. The first-order chi connectivity index (χ1) is 10.1. The molecular formula is C14H10FNO5. The third-order valence-corrected chi connectivity index (χ3v) is 2.71. The number of aldehydes is 1. The third kappa shape index (κ3) is 2.97. The average Bonchev–Trinajstić information content (AvgIpc) is 2.47. The quantitative estimate of drug-likeness (QED) is 0.479. The lowest BCUT2D eigenvalue weighted by Crippen LogP contribution is -1.98. The van der Waals surface area contributed by atoms with Gasteiger partial charge >= 0.3 is 5.69 Å². The van der Waals surface area contributed by atoms with Crippen LogP contribution in [0.2, 0.25) is 0 Å². The normalized spacial score (nSPS) is 10.0. The second-order valence-corrected chi connectivity index (χ2v) is 3.96. The minimum Gasteiger partial charge on any atom is -0.496 e. The molecule has 7 heteroatoms. The highest BCUT2D eigenvalue weighted by Crippen LogP contribution is 2.35. The van der Waals surface area contributed by atoms with Crippen molar-refractivity contribution in [3.8, 4) is 17.2 Å². The molecule has 0 amide bonds. The molecule has 108 valence electrons. The Morgan fingerprint density at radius 2 is 2.00 bits per heavy atom. The van der Waals surface area contributed by atoms with Crippen LogP contribution in [-0.4, -0.2) is 18.3 Å². The summed E-state index contributed by atoms with van der Waals surface area (Å²) in [6, 6.07) is 7.74. The van der Waals surface area contributed by atoms with Gasteiger partial charge in [0.25, 0.3) is 0 Å². The Morgan fingerprint density at radius 3 is 2.62 bits per heavy atom. The molecule has 0 unspecified atom stereocenters. The van der Waals surface area contributed by atoms with Gasteiger partial charge in [-0.2, -0.15) is 0 Å². The van der Waals surface area contributed by atoms with Crippen LogP contribution in [0.5, 0.6) is 17.2 Å². The van der Waals surface area contributed by atoms with Crippen molar-refractivity contribution >= 4 is 12.0 Å². The van der Waals surface area contributed by atoms with Gasteiger partial charge in [-0.05, 0) is 24.3 Å². The van der Waals surface area contributed by atoms with Crippen LogP contribution in [0.4, 0.5) is 10.1 Å². The largest absolute Gasteiger partial charge is 0.496 e. The van der Waals surface area contributed by atoms with E-state index in [0.29, 0.717) is 6.29 Å². The lowest BCUT2D eigenvalue weighted by molar-refractivity contribution is -0.385. The van der Waals surface area contributed by atoms with Gasteiger partial charge in [0.1, 0.15) is 17.3 Å². The number of rotatable bonds is 5. The maximum atomic E-state index is 13.5. The summed E-state index contributed by atoms with van der Waals surface area (Å²) < 4.78 is 23.7. The molecule has 0 bridgehead atoms. The highest BCUT2D eigenvalue weighted by Gasteiger charge is 2.19. The molecule has 2 rings (SSSR count). The van der Waals surface area contributed by atoms with Crippen molar-refractivity contribution in [2.45, 2.75) is 0 Å². The van der Waals surface area contributed by atoms with Gasteiger partial charge in [0.05, 0.1) is 23.7 Å². The molecule has 6 nitrogen and oxygen atoms in total. The van der Waals surface area contributed by atoms with Crippen LogP contribution in [0.1, 0.15) is 10.4 Å². The number of nitro benzene ring substituents is 1. The van der Waals surface area contributed by atoms with Gasteiger partial charge in [0.2, 0.25) is 5.75 Å². The van der Waals surface area contributed by atoms with Gasteiger partial charge in [0, 0.05) is 0 Å². The average molecular weight is 291 g/mol. The van der Waals surface area contributed by atoms with E-state index in [1.165, 1.54) is 37.4 Å². The van der Waals surface area contributed by atoms with E-state index in [4.69, 9.17) is 9.47 Å². The first kappa shape index (κ1) is 14.4. The van der Waals surface area contributed by atoms with Gasteiger partial charge in [0.15, 0.2) is 6.29 Å². The summed E-state index contributed by atoms with van der Waals surface area (Å²) in [7, 11) is 1.37. The molecule has 0 N–H and O–H groups in total. The fourth-order valence-corrected chi connectivity index (χ4v) is 1.69. The van der Waals surface area contributed by atoms with E-state index in [1.54, 1.807) is 0 Å². The summed E-state index contributed by atoms with van der Waals surface area (Å²) in [6.07, 6.45) is 0.292. The molecule has 0 radical (unpaired) electrons. The number of hydrogen-bond donors (Lipinski definition) is 0. The monoisotopic (exact) mass is 291 g/mol. The fraction of sp³-hybridized carbons (Fsp3) is 0.0714. The van der Waals surface area contributed by atoms with Crippen LogP contribution in [0.25, 0.3) is 0 Å². The number of nitrogens with zero attached hydrogens (tertiary/aromatic N) is 1. The number of halogens is 1. The summed E-state index contributed by atoms with van der Waals surface area (Å²) in [5, 5.41) is 11.0. The van der Waals surface area contributed by atoms with E-state index in [-0.39, 0.29) is 28.5 Å². The molecular weight excluding hydrogens is 281 g/mol. The van der Waals surface area contributed by atoms with Crippen LogP contribution >= 0.6 is 0 Å². The van der Waals surface area contributed by atoms with E-state index in [0.717, 1.165) is 6.07 Å². The van der Waals surface area contributed by atoms with Crippen molar-refractivity contribution < 1.29 is 23.6 Å². The van der Waals surface area contributed by atoms with Crippen molar-refractivity contribution in [2.75, 3.05) is 7.11 Å². The smallest absolute Gasteiger partial charge is 0.315 e. The summed E-state index contributed by atoms with van der Waals surface area (Å²) in [5.41, 5.74) is -0.655. The number of carbonyl (C=O) groups excluding carboxylic acids is 1. The Labute approximate surface area is 118 Å². The molecule has 0 saturated carbocycles. The first-order valence-electron chi connectivity index (χ1n) is 5.80. The predicted octanol–water partition coefficient (Wildman–Crippen LogP) is 3.35. The zero-order chi connectivity index (χ0) is 15.4. The zero-order valence-electron chi connectivity index (χ0n) is 10.9. The van der Waals surface area contributed by atoms with Crippen LogP contribution in [0.3, 0.4) is 0 Å². The highest BCUT2D eigenvalue weighted by molar-refractivity contribution is 5.80. The number of nitro groups is 1. The number of methoxy groups -OCH3 is 1. The molecule has 2 aromatic rings. The van der Waals surface area contributed by atoms with Crippen LogP contribution < -0.4 is 9.47 Å². The molecule has 0 fully saturated rings. The summed E-state index contributed by atoms with van der Waals surface area (Å²) in [6.45, 7) is 0. The van der Waals surface area contributed by atoms with Gasteiger partial charge in [-0.15, -0.1) is 0 Å². The van der Waals surface area contributed by atoms with Gasteiger partial charge < -0.3 is 9.47 Å². The lowest BCUT2D eigenvalue weighted by atomic mass is 10.2. The van der Waals surface area contributed by atoms with Crippen molar-refractivity contribution in [3.63, 3.8) is 0 Å². The van der Waals surface area contributed by atoms with Gasteiger partial charge in [-0.25, -0.2) is 4.39 Å². The molecule has 0 spiro atoms. The topological polar surface area (TPSA) is 78.7 Å². The Kier molecular flexibility index (Phi) is 4.13. The van der Waals surface area contributed by atoms with Crippen LogP contribution in [0, 0.1) is 15.9 Å². The highest BCUT2D eigenvalue weighted by atomic mass is 19.1. The standard InChI is InChI=1S/C14H10FNO5/c1-20-9-5-6-14(12(7-9)16(18)19)21-13-4-2-3-11(15)10(13)8-17/h2-8H,1H3. The maximum absolute atomic E-state index is 13.5. The molecule has 0 aliphatic carbocycles. The van der Waals surface area contributed by atoms with E-state index in [1.807, 2.05) is 0 Å². The van der Waals surface area contributed by atoms with Crippen LogP contribution in [0.15, 0.2) is 36.4 Å². The Hall–Kier alpha value is -2.96. The molecule has 0 aliphatic heterocycles. The minimum absolute atomic E-state index is 0.0988. The third-order valence-electron chi connectivity index (χ3n) is 2.71. The van der Waals surface area contributed by atoms with Crippen molar-refractivity contribution in [2.24, 2.45) is 0 Å². The first-order valence-corrected chi connectivity index (χ1v) is 5.80. The van der Waals surface area contributed by atoms with E-state index in [2.05, 4.69) is 0 Å². The number of benzene rings is 2. The summed E-state index contributed by atoms with van der Waals surface area (Å²) >= 11 is 0. The molecule has 0 aromatic heterocycles. The van der Waals surface area contributed by atoms with Crippen molar-refractivity contribution in [3.05, 3.63) is 57.9 Å². The summed E-state index contributed by atoms with van der Waals surface area (Å²) in [5.74, 6) is -0.699. The van der Waals surface area contributed by atoms with Crippen molar-refractivity contribution in [1.29, 1.82) is 0 Å². The molecule has 0 saturated heterocycles. The second kappa shape index (κ2) is 6.00. The number of carbonyl (C=O) groups is 1. The number of hydrogen-bond acceptors (Lipinski definition) is 5. The van der Waals surface area contributed by atoms with E-state index in [9.17, 15) is 19.3 Å².